The predicted molar refractivity (Wildman–Crippen MR) is 51.1 cm³/mol. The topological polar surface area (TPSA) is 47.3 Å². The van der Waals surface area contributed by atoms with Gasteiger partial charge in [-0.15, -0.1) is 0 Å². The van der Waals surface area contributed by atoms with E-state index in [-0.39, 0.29) is 0 Å². The van der Waals surface area contributed by atoms with Crippen molar-refractivity contribution in [2.45, 2.75) is 32.2 Å². The maximum Gasteiger partial charge on any atom is 0.0635 e. The molecule has 0 aromatic carbocycles. The van der Waals surface area contributed by atoms with E-state index in [1.165, 1.54) is 0 Å². The molecule has 3 nitrogen and oxygen atoms in total. The van der Waals surface area contributed by atoms with E-state index < -0.39 is 0 Å². The lowest BCUT2D eigenvalue weighted by atomic mass is 9.92. The van der Waals surface area contributed by atoms with Gasteiger partial charge in [-0.1, -0.05) is 0 Å². The molecule has 0 aliphatic carbocycles. The minimum Gasteiger partial charge on any atom is -0.396 e. The van der Waals surface area contributed by atoms with Gasteiger partial charge in [0.25, 0.3) is 0 Å². The van der Waals surface area contributed by atoms with Crippen LogP contribution in [-0.2, 0) is 0 Å². The van der Waals surface area contributed by atoms with Crippen LogP contribution in [0.2, 0.25) is 0 Å². The predicted octanol–water partition coefficient (Wildman–Crippen LogP) is 0.993. The monoisotopic (exact) mass is 182 g/mol. The second kappa shape index (κ2) is 5.21. The van der Waals surface area contributed by atoms with Crippen molar-refractivity contribution >= 4 is 0 Å². The summed E-state index contributed by atoms with van der Waals surface area (Å²) in [6.07, 6.45) is 2.77. The van der Waals surface area contributed by atoms with Crippen LogP contribution < -0.4 is 0 Å². The van der Waals surface area contributed by atoms with Crippen LogP contribution in [0.1, 0.15) is 26.2 Å². The molecule has 0 amide bonds. The van der Waals surface area contributed by atoms with Gasteiger partial charge in [0.2, 0.25) is 0 Å². The Morgan fingerprint density at radius 1 is 1.62 bits per heavy atom. The molecular formula is C10H18N2O. The van der Waals surface area contributed by atoms with Crippen LogP contribution in [0, 0.1) is 17.2 Å². The molecule has 0 saturated carbocycles. The molecular weight excluding hydrogens is 164 g/mol. The van der Waals surface area contributed by atoms with Gasteiger partial charge in [-0.3, -0.25) is 4.90 Å². The summed E-state index contributed by atoms with van der Waals surface area (Å²) in [4.78, 5) is 2.34. The fraction of sp³-hybridized carbons (Fsp3) is 0.900. The van der Waals surface area contributed by atoms with Crippen LogP contribution in [-0.4, -0.2) is 35.7 Å². The summed E-state index contributed by atoms with van der Waals surface area (Å²) < 4.78 is 0. The number of rotatable bonds is 3. The molecule has 1 rings (SSSR count). The first-order valence-electron chi connectivity index (χ1n) is 4.99. The largest absolute Gasteiger partial charge is 0.396 e. The Kier molecular flexibility index (Phi) is 4.20. The number of hydrogen-bond acceptors (Lipinski definition) is 3. The average molecular weight is 182 g/mol. The van der Waals surface area contributed by atoms with Crippen LogP contribution >= 0.6 is 0 Å². The molecule has 0 bridgehead atoms. The van der Waals surface area contributed by atoms with E-state index in [1.807, 2.05) is 0 Å². The molecule has 0 aromatic rings. The van der Waals surface area contributed by atoms with Gasteiger partial charge < -0.3 is 5.11 Å². The molecule has 1 heterocycles. The Hall–Kier alpha value is -0.590. The van der Waals surface area contributed by atoms with Crippen LogP contribution in [0.25, 0.3) is 0 Å². The molecule has 1 aliphatic heterocycles. The van der Waals surface area contributed by atoms with E-state index >= 15 is 0 Å². The Labute approximate surface area is 80.0 Å². The minimum atomic E-state index is 0.316. The van der Waals surface area contributed by atoms with Gasteiger partial charge in [-0.2, -0.15) is 5.26 Å². The van der Waals surface area contributed by atoms with Crippen LogP contribution in [0.5, 0.6) is 0 Å². The van der Waals surface area contributed by atoms with Gasteiger partial charge in [0.1, 0.15) is 0 Å². The van der Waals surface area contributed by atoms with Crippen molar-refractivity contribution in [3.63, 3.8) is 0 Å². The number of likely N-dealkylation sites (tertiary alicyclic amines) is 1. The van der Waals surface area contributed by atoms with Crippen molar-refractivity contribution < 1.29 is 5.11 Å². The fourth-order valence-corrected chi connectivity index (χ4v) is 2.01. The first-order valence-corrected chi connectivity index (χ1v) is 4.99. The van der Waals surface area contributed by atoms with Crippen molar-refractivity contribution in [2.24, 2.45) is 5.92 Å². The maximum atomic E-state index is 9.00. The zero-order valence-corrected chi connectivity index (χ0v) is 8.24. The molecule has 0 unspecified atom stereocenters. The van der Waals surface area contributed by atoms with E-state index in [0.717, 1.165) is 25.9 Å². The summed E-state index contributed by atoms with van der Waals surface area (Å²) in [5.74, 6) is 0.480. The average Bonchev–Trinajstić information content (AvgIpc) is 2.16. The Balaban J connectivity index is 2.31. The lowest BCUT2D eigenvalue weighted by Crippen LogP contribution is -2.41. The second-order valence-corrected chi connectivity index (χ2v) is 3.87. The molecule has 1 N–H and O–H groups in total. The highest BCUT2D eigenvalue weighted by atomic mass is 16.3. The second-order valence-electron chi connectivity index (χ2n) is 3.87. The molecule has 3 heteroatoms. The molecule has 2 atom stereocenters. The zero-order valence-electron chi connectivity index (χ0n) is 8.24. The number of nitriles is 1. The van der Waals surface area contributed by atoms with Gasteiger partial charge in [0, 0.05) is 25.6 Å². The standard InChI is InChI=1S/C10H18N2O/c1-9-7-10(8-13)3-6-12(9)5-2-4-11/h9-10,13H,2-3,5-8H2,1H3/t9-,10-/m0/s1. The normalized spacial score (nSPS) is 29.9. The molecule has 74 valence electrons. The van der Waals surface area contributed by atoms with E-state index in [2.05, 4.69) is 17.9 Å². The first-order chi connectivity index (χ1) is 6.27. The van der Waals surface area contributed by atoms with E-state index in [0.29, 0.717) is 25.0 Å². The lowest BCUT2D eigenvalue weighted by molar-refractivity contribution is 0.0910. The zero-order chi connectivity index (χ0) is 9.68. The SMILES string of the molecule is C[C@H]1C[C@@H](CO)CCN1CCC#N. The number of hydrogen-bond donors (Lipinski definition) is 1. The first kappa shape index (κ1) is 10.5. The van der Waals surface area contributed by atoms with Gasteiger partial charge >= 0.3 is 0 Å². The number of aliphatic hydroxyl groups excluding tert-OH is 1. The molecule has 0 spiro atoms. The van der Waals surface area contributed by atoms with Crippen LogP contribution in [0.3, 0.4) is 0 Å². The summed E-state index contributed by atoms with van der Waals surface area (Å²) in [7, 11) is 0. The molecule has 0 radical (unpaired) electrons. The number of aliphatic hydroxyl groups is 1. The third-order valence-electron chi connectivity index (χ3n) is 2.89. The summed E-state index contributed by atoms with van der Waals surface area (Å²) in [6, 6.07) is 2.70. The van der Waals surface area contributed by atoms with Gasteiger partial charge in [-0.25, -0.2) is 0 Å². The summed E-state index contributed by atoms with van der Waals surface area (Å²) in [5.41, 5.74) is 0. The van der Waals surface area contributed by atoms with Gasteiger partial charge in [0.15, 0.2) is 0 Å². The van der Waals surface area contributed by atoms with Crippen molar-refractivity contribution in [3.8, 4) is 6.07 Å². The summed E-state index contributed by atoms with van der Waals surface area (Å²) in [5, 5.41) is 17.5. The molecule has 0 aromatic heterocycles. The van der Waals surface area contributed by atoms with Crippen molar-refractivity contribution in [2.75, 3.05) is 19.7 Å². The van der Waals surface area contributed by atoms with Crippen LogP contribution in [0.15, 0.2) is 0 Å². The molecule has 13 heavy (non-hydrogen) atoms. The summed E-state index contributed by atoms with van der Waals surface area (Å²) in [6.45, 7) is 4.42. The van der Waals surface area contributed by atoms with Crippen LogP contribution in [0.4, 0.5) is 0 Å². The van der Waals surface area contributed by atoms with Crippen molar-refractivity contribution in [1.29, 1.82) is 5.26 Å². The smallest absolute Gasteiger partial charge is 0.0635 e. The van der Waals surface area contributed by atoms with E-state index in [1.54, 1.807) is 0 Å². The third kappa shape index (κ3) is 2.98. The van der Waals surface area contributed by atoms with Gasteiger partial charge in [-0.05, 0) is 32.2 Å². The minimum absolute atomic E-state index is 0.316. The molecule has 1 saturated heterocycles. The maximum absolute atomic E-state index is 9.00. The molecule has 1 aliphatic rings. The highest BCUT2D eigenvalue weighted by molar-refractivity contribution is 4.81. The lowest BCUT2D eigenvalue weighted by Gasteiger charge is -2.36. The quantitative estimate of drug-likeness (QED) is 0.708. The fourth-order valence-electron chi connectivity index (χ4n) is 2.01. The highest BCUT2D eigenvalue weighted by Gasteiger charge is 2.24. The Morgan fingerprint density at radius 2 is 2.38 bits per heavy atom. The summed E-state index contributed by atoms with van der Waals surface area (Å²) >= 11 is 0. The number of piperidine rings is 1. The number of nitrogens with zero attached hydrogens (tertiary/aromatic N) is 2. The van der Waals surface area contributed by atoms with E-state index in [4.69, 9.17) is 10.4 Å². The Morgan fingerprint density at radius 3 is 2.92 bits per heavy atom. The van der Waals surface area contributed by atoms with E-state index in [9.17, 15) is 0 Å². The van der Waals surface area contributed by atoms with Gasteiger partial charge in [0.05, 0.1) is 6.07 Å². The third-order valence-corrected chi connectivity index (χ3v) is 2.89. The highest BCUT2D eigenvalue weighted by Crippen LogP contribution is 2.21. The molecule has 1 fully saturated rings. The Bertz CT molecular complexity index is 188. The van der Waals surface area contributed by atoms with Crippen molar-refractivity contribution in [3.05, 3.63) is 0 Å². The van der Waals surface area contributed by atoms with Crippen molar-refractivity contribution in [1.82, 2.24) is 4.90 Å².